The van der Waals surface area contributed by atoms with Crippen molar-refractivity contribution in [2.75, 3.05) is 13.4 Å². The van der Waals surface area contributed by atoms with Gasteiger partial charge in [0.1, 0.15) is 19.4 Å². The molecule has 0 bridgehead atoms. The van der Waals surface area contributed by atoms with Gasteiger partial charge in [0.2, 0.25) is 0 Å². The molecule has 0 aliphatic heterocycles. The fourth-order valence-corrected chi connectivity index (χ4v) is 2.70. The van der Waals surface area contributed by atoms with E-state index in [1.54, 1.807) is 37.6 Å². The second-order valence-corrected chi connectivity index (χ2v) is 6.14. The Hall–Kier alpha value is -2.28. The standard InChI is InChI=1S/C18H18BFN2O2S/c1-24-16-9-7-12(19)10-11(16)6-8-13-14(4-3-5-15(13)20)17(23)22-18(21)25-2/h3-5,7,9-10H,6,8H2,1-2H3,(H2,21,22,23). The average molecular weight is 356 g/mol. The van der Waals surface area contributed by atoms with Crippen molar-refractivity contribution in [2.24, 2.45) is 0 Å². The minimum absolute atomic E-state index is 0.0118. The van der Waals surface area contributed by atoms with Gasteiger partial charge in [0.25, 0.3) is 5.91 Å². The van der Waals surface area contributed by atoms with Gasteiger partial charge in [-0.3, -0.25) is 10.2 Å². The van der Waals surface area contributed by atoms with Crippen LogP contribution in [0.1, 0.15) is 21.5 Å². The topological polar surface area (TPSA) is 62.2 Å². The van der Waals surface area contributed by atoms with Crippen LogP contribution >= 0.6 is 11.8 Å². The minimum atomic E-state index is -0.492. The number of nitrogens with one attached hydrogen (secondary N) is 2. The van der Waals surface area contributed by atoms with E-state index in [4.69, 9.17) is 18.0 Å². The number of benzene rings is 2. The molecule has 0 unspecified atom stereocenters. The van der Waals surface area contributed by atoms with Crippen LogP contribution in [-0.4, -0.2) is 32.3 Å². The van der Waals surface area contributed by atoms with Crippen molar-refractivity contribution in [3.05, 3.63) is 58.9 Å². The van der Waals surface area contributed by atoms with Gasteiger partial charge in [-0.15, -0.1) is 0 Å². The van der Waals surface area contributed by atoms with Gasteiger partial charge in [-0.05, 0) is 42.9 Å². The second kappa shape index (κ2) is 8.71. The van der Waals surface area contributed by atoms with Crippen LogP contribution in [0.5, 0.6) is 5.75 Å². The molecular formula is C18H18BFN2O2S. The van der Waals surface area contributed by atoms with Crippen molar-refractivity contribution < 1.29 is 13.9 Å². The first-order valence-corrected chi connectivity index (χ1v) is 8.82. The molecule has 0 aromatic heterocycles. The molecular weight excluding hydrogens is 338 g/mol. The van der Waals surface area contributed by atoms with Gasteiger partial charge in [-0.1, -0.05) is 35.4 Å². The summed E-state index contributed by atoms with van der Waals surface area (Å²) >= 11 is 1.10. The number of carbonyl (C=O) groups excluding carboxylic acids is 1. The third kappa shape index (κ3) is 4.86. The van der Waals surface area contributed by atoms with E-state index in [1.165, 1.54) is 12.1 Å². The first-order chi connectivity index (χ1) is 12.0. The van der Waals surface area contributed by atoms with Gasteiger partial charge >= 0.3 is 0 Å². The maximum Gasteiger partial charge on any atom is 0.257 e. The number of hydrogen-bond donors (Lipinski definition) is 2. The van der Waals surface area contributed by atoms with Crippen molar-refractivity contribution in [3.63, 3.8) is 0 Å². The number of rotatable bonds is 5. The molecule has 0 atom stereocenters. The highest BCUT2D eigenvalue weighted by atomic mass is 32.2. The summed E-state index contributed by atoms with van der Waals surface area (Å²) in [6, 6.07) is 9.64. The first kappa shape index (κ1) is 19.1. The zero-order valence-corrected chi connectivity index (χ0v) is 14.9. The number of halogens is 1. The molecule has 2 aromatic rings. The maximum absolute atomic E-state index is 14.3. The summed E-state index contributed by atoms with van der Waals surface area (Å²) in [6.07, 6.45) is 2.46. The molecule has 25 heavy (non-hydrogen) atoms. The van der Waals surface area contributed by atoms with Crippen LogP contribution < -0.4 is 15.5 Å². The van der Waals surface area contributed by atoms with E-state index in [-0.39, 0.29) is 10.7 Å². The third-order valence-electron chi connectivity index (χ3n) is 3.74. The van der Waals surface area contributed by atoms with Crippen molar-refractivity contribution >= 4 is 36.1 Å². The highest BCUT2D eigenvalue weighted by Gasteiger charge is 2.16. The Morgan fingerprint density at radius 1 is 1.32 bits per heavy atom. The molecule has 128 valence electrons. The number of amidine groups is 1. The number of hydrogen-bond acceptors (Lipinski definition) is 4. The lowest BCUT2D eigenvalue weighted by atomic mass is 9.91. The van der Waals surface area contributed by atoms with Crippen LogP contribution in [-0.2, 0) is 12.8 Å². The Balaban J connectivity index is 2.26. The molecule has 0 spiro atoms. The van der Waals surface area contributed by atoms with Gasteiger partial charge in [-0.25, -0.2) is 4.39 Å². The molecule has 2 N–H and O–H groups in total. The number of amides is 1. The summed E-state index contributed by atoms with van der Waals surface area (Å²) in [4.78, 5) is 12.3. The fourth-order valence-electron chi connectivity index (χ4n) is 2.50. The van der Waals surface area contributed by atoms with Crippen molar-refractivity contribution in [3.8, 4) is 5.75 Å². The Morgan fingerprint density at radius 3 is 2.76 bits per heavy atom. The average Bonchev–Trinajstić information content (AvgIpc) is 2.60. The molecule has 0 saturated carbocycles. The van der Waals surface area contributed by atoms with Gasteiger partial charge in [0, 0.05) is 11.1 Å². The highest BCUT2D eigenvalue weighted by molar-refractivity contribution is 8.13. The molecule has 0 saturated heterocycles. The number of methoxy groups -OCH3 is 1. The van der Waals surface area contributed by atoms with Gasteiger partial charge in [0.15, 0.2) is 5.17 Å². The number of thioether (sulfide) groups is 1. The normalized spacial score (nSPS) is 10.4. The molecule has 0 aliphatic carbocycles. The van der Waals surface area contributed by atoms with Crippen molar-refractivity contribution in [1.82, 2.24) is 5.32 Å². The smallest absolute Gasteiger partial charge is 0.257 e. The van der Waals surface area contributed by atoms with Gasteiger partial charge in [0.05, 0.1) is 7.11 Å². The van der Waals surface area contributed by atoms with Crippen LogP contribution in [0.25, 0.3) is 0 Å². The van der Waals surface area contributed by atoms with Crippen molar-refractivity contribution in [2.45, 2.75) is 12.8 Å². The molecule has 2 aromatic carbocycles. The monoisotopic (exact) mass is 356 g/mol. The zero-order valence-electron chi connectivity index (χ0n) is 14.1. The largest absolute Gasteiger partial charge is 0.496 e. The molecule has 0 fully saturated rings. The summed E-state index contributed by atoms with van der Waals surface area (Å²) in [7, 11) is 7.37. The highest BCUT2D eigenvalue weighted by Crippen LogP contribution is 2.21. The first-order valence-electron chi connectivity index (χ1n) is 7.60. The summed E-state index contributed by atoms with van der Waals surface area (Å²) < 4.78 is 19.6. The van der Waals surface area contributed by atoms with E-state index in [0.29, 0.717) is 29.6 Å². The van der Waals surface area contributed by atoms with E-state index >= 15 is 0 Å². The van der Waals surface area contributed by atoms with E-state index in [9.17, 15) is 9.18 Å². The molecule has 1 amide bonds. The Morgan fingerprint density at radius 2 is 2.08 bits per heavy atom. The predicted octanol–water partition coefficient (Wildman–Crippen LogP) is 2.44. The number of carbonyl (C=O) groups is 1. The molecule has 7 heteroatoms. The van der Waals surface area contributed by atoms with Crippen LogP contribution in [0.15, 0.2) is 36.4 Å². The summed E-state index contributed by atoms with van der Waals surface area (Å²) in [5.74, 6) is -0.278. The number of ether oxygens (including phenoxy) is 1. The van der Waals surface area contributed by atoms with E-state index in [2.05, 4.69) is 5.32 Å². The van der Waals surface area contributed by atoms with Gasteiger partial charge in [-0.2, -0.15) is 0 Å². The van der Waals surface area contributed by atoms with Crippen LogP contribution in [0, 0.1) is 11.2 Å². The zero-order chi connectivity index (χ0) is 18.4. The lowest BCUT2D eigenvalue weighted by Gasteiger charge is -2.13. The lowest BCUT2D eigenvalue weighted by molar-refractivity contribution is 0.0976. The fraction of sp³-hybridized carbons (Fsp3) is 0.222. The second-order valence-electron chi connectivity index (χ2n) is 5.32. The number of aryl methyl sites for hydroxylation is 1. The molecule has 2 radical (unpaired) electrons. The third-order valence-corrected chi connectivity index (χ3v) is 4.25. The van der Waals surface area contributed by atoms with Crippen LogP contribution in [0.3, 0.4) is 0 Å². The summed E-state index contributed by atoms with van der Waals surface area (Å²) in [5, 5.41) is 10.0. The lowest BCUT2D eigenvalue weighted by Crippen LogP contribution is -2.28. The molecule has 4 nitrogen and oxygen atoms in total. The Kier molecular flexibility index (Phi) is 6.64. The quantitative estimate of drug-likeness (QED) is 0.492. The summed E-state index contributed by atoms with van der Waals surface area (Å²) in [5.41, 5.74) is 1.96. The Labute approximate surface area is 152 Å². The van der Waals surface area contributed by atoms with Crippen LogP contribution in [0.2, 0.25) is 0 Å². The van der Waals surface area contributed by atoms with E-state index in [0.717, 1.165) is 17.3 Å². The van der Waals surface area contributed by atoms with Crippen LogP contribution in [0.4, 0.5) is 4.39 Å². The van der Waals surface area contributed by atoms with E-state index < -0.39 is 11.7 Å². The van der Waals surface area contributed by atoms with E-state index in [1.807, 2.05) is 0 Å². The maximum atomic E-state index is 14.3. The summed E-state index contributed by atoms with van der Waals surface area (Å²) in [6.45, 7) is 0. The molecule has 0 heterocycles. The predicted molar refractivity (Wildman–Crippen MR) is 101 cm³/mol. The van der Waals surface area contributed by atoms with Crippen molar-refractivity contribution in [1.29, 1.82) is 5.41 Å². The Bertz CT molecular complexity index is 799. The van der Waals surface area contributed by atoms with Gasteiger partial charge < -0.3 is 10.1 Å². The minimum Gasteiger partial charge on any atom is -0.496 e. The SMILES string of the molecule is [B]c1ccc(OC)c(CCc2c(F)cccc2C(=O)NC(=N)SC)c1. The molecule has 2 rings (SSSR count). The molecule has 0 aliphatic rings.